The molecule has 18 heavy (non-hydrogen) atoms. The van der Waals surface area contributed by atoms with Crippen LogP contribution in [-0.2, 0) is 4.79 Å². The highest BCUT2D eigenvalue weighted by Gasteiger charge is 2.42. The first-order valence-electron chi connectivity index (χ1n) is 6.17. The zero-order valence-electron chi connectivity index (χ0n) is 11.6. The van der Waals surface area contributed by atoms with E-state index in [0.29, 0.717) is 0 Å². The zero-order valence-corrected chi connectivity index (χ0v) is 11.6. The smallest absolute Gasteiger partial charge is 0.249 e. The second-order valence-electron chi connectivity index (χ2n) is 5.33. The molecule has 0 saturated carbocycles. The number of nitrogens with zero attached hydrogens (tertiary/aromatic N) is 1. The summed E-state index contributed by atoms with van der Waals surface area (Å²) in [6.07, 6.45) is 0. The van der Waals surface area contributed by atoms with Crippen LogP contribution >= 0.6 is 0 Å². The van der Waals surface area contributed by atoms with Gasteiger partial charge in [-0.25, -0.2) is 0 Å². The van der Waals surface area contributed by atoms with Crippen molar-refractivity contribution >= 4 is 17.3 Å². The molecule has 4 nitrogen and oxygen atoms in total. The molecule has 98 valence electrons. The average Bonchev–Trinajstić information content (AvgIpc) is 2.29. The summed E-state index contributed by atoms with van der Waals surface area (Å²) in [6.45, 7) is 8.02. The van der Waals surface area contributed by atoms with Crippen molar-refractivity contribution in [3.05, 3.63) is 18.2 Å². The van der Waals surface area contributed by atoms with E-state index in [-0.39, 0.29) is 11.9 Å². The highest BCUT2D eigenvalue weighted by molar-refractivity contribution is 6.07. The maximum absolute atomic E-state index is 12.2. The van der Waals surface area contributed by atoms with E-state index < -0.39 is 5.54 Å². The van der Waals surface area contributed by atoms with Gasteiger partial charge in [-0.2, -0.15) is 0 Å². The minimum absolute atomic E-state index is 0.0111. The van der Waals surface area contributed by atoms with Gasteiger partial charge in [0.1, 0.15) is 17.0 Å². The number of fused-ring (bicyclic) bond motifs is 1. The van der Waals surface area contributed by atoms with Crippen molar-refractivity contribution in [3.63, 3.8) is 0 Å². The van der Waals surface area contributed by atoms with Gasteiger partial charge in [-0.15, -0.1) is 0 Å². The van der Waals surface area contributed by atoms with Gasteiger partial charge in [-0.1, -0.05) is 6.07 Å². The Morgan fingerprint density at radius 1 is 1.33 bits per heavy atom. The lowest BCUT2D eigenvalue weighted by molar-refractivity contribution is -0.120. The highest BCUT2D eigenvalue weighted by Crippen LogP contribution is 2.44. The van der Waals surface area contributed by atoms with Gasteiger partial charge in [0.05, 0.1) is 12.8 Å². The van der Waals surface area contributed by atoms with E-state index in [2.05, 4.69) is 24.1 Å². The summed E-state index contributed by atoms with van der Waals surface area (Å²) in [7, 11) is 1.65. The average molecular weight is 248 g/mol. The van der Waals surface area contributed by atoms with Gasteiger partial charge in [0.15, 0.2) is 0 Å². The number of benzene rings is 1. The third kappa shape index (κ3) is 1.72. The van der Waals surface area contributed by atoms with Crippen LogP contribution in [0.3, 0.4) is 0 Å². The number of para-hydroxylation sites is 1. The zero-order chi connectivity index (χ0) is 13.5. The van der Waals surface area contributed by atoms with E-state index >= 15 is 0 Å². The van der Waals surface area contributed by atoms with Crippen molar-refractivity contribution in [2.75, 3.05) is 17.3 Å². The number of rotatable bonds is 2. The quantitative estimate of drug-likeness (QED) is 0.874. The minimum Gasteiger partial charge on any atom is -0.495 e. The molecule has 0 fully saturated rings. The topological polar surface area (TPSA) is 41.6 Å². The van der Waals surface area contributed by atoms with Crippen molar-refractivity contribution in [2.24, 2.45) is 0 Å². The summed E-state index contributed by atoms with van der Waals surface area (Å²) < 4.78 is 5.43. The summed E-state index contributed by atoms with van der Waals surface area (Å²) >= 11 is 0. The molecule has 0 bridgehead atoms. The molecule has 0 atom stereocenters. The fourth-order valence-electron chi connectivity index (χ4n) is 2.60. The number of hydrogen-bond donors (Lipinski definition) is 1. The van der Waals surface area contributed by atoms with Gasteiger partial charge >= 0.3 is 0 Å². The number of nitrogens with one attached hydrogen (secondary N) is 1. The van der Waals surface area contributed by atoms with Crippen LogP contribution in [-0.4, -0.2) is 24.6 Å². The van der Waals surface area contributed by atoms with E-state index in [1.807, 2.05) is 32.0 Å². The Bertz CT molecular complexity index is 481. The first-order valence-corrected chi connectivity index (χ1v) is 6.17. The summed E-state index contributed by atoms with van der Waals surface area (Å²) in [4.78, 5) is 14.3. The molecule has 0 spiro atoms. The van der Waals surface area contributed by atoms with Gasteiger partial charge in [-0.05, 0) is 39.8 Å². The van der Waals surface area contributed by atoms with Gasteiger partial charge in [0.25, 0.3) is 0 Å². The van der Waals surface area contributed by atoms with E-state index in [9.17, 15) is 4.79 Å². The number of carbonyl (C=O) groups excluding carboxylic acids is 1. The van der Waals surface area contributed by atoms with Crippen LogP contribution in [0.25, 0.3) is 0 Å². The minimum atomic E-state index is -0.587. The second-order valence-corrected chi connectivity index (χ2v) is 5.33. The van der Waals surface area contributed by atoms with E-state index in [1.54, 1.807) is 7.11 Å². The molecule has 0 aliphatic carbocycles. The van der Waals surface area contributed by atoms with Crippen molar-refractivity contribution in [1.82, 2.24) is 0 Å². The van der Waals surface area contributed by atoms with Crippen molar-refractivity contribution in [1.29, 1.82) is 0 Å². The predicted octanol–water partition coefficient (Wildman–Crippen LogP) is 2.64. The lowest BCUT2D eigenvalue weighted by atomic mass is 9.94. The third-order valence-corrected chi connectivity index (χ3v) is 3.38. The summed E-state index contributed by atoms with van der Waals surface area (Å²) in [5, 5.41) is 2.95. The molecular formula is C14H20N2O2. The largest absolute Gasteiger partial charge is 0.495 e. The summed E-state index contributed by atoms with van der Waals surface area (Å²) in [6, 6.07) is 5.91. The molecule has 4 heteroatoms. The lowest BCUT2D eigenvalue weighted by Gasteiger charge is -2.46. The maximum Gasteiger partial charge on any atom is 0.249 e. The SMILES string of the molecule is COc1cccc2c1N(C(C)C)C(C)(C)C(=O)N2. The first kappa shape index (κ1) is 12.7. The van der Waals surface area contributed by atoms with E-state index in [4.69, 9.17) is 4.74 Å². The fourth-order valence-corrected chi connectivity index (χ4v) is 2.60. The molecule has 0 unspecified atom stereocenters. The number of ether oxygens (including phenoxy) is 1. The molecule has 1 heterocycles. The van der Waals surface area contributed by atoms with Crippen LogP contribution in [0, 0.1) is 0 Å². The van der Waals surface area contributed by atoms with E-state index in [0.717, 1.165) is 17.1 Å². The van der Waals surface area contributed by atoms with Crippen LogP contribution in [0.15, 0.2) is 18.2 Å². The monoisotopic (exact) mass is 248 g/mol. The first-order chi connectivity index (χ1) is 8.39. The Kier molecular flexibility index (Phi) is 2.97. The highest BCUT2D eigenvalue weighted by atomic mass is 16.5. The number of methoxy groups -OCH3 is 1. The number of amides is 1. The lowest BCUT2D eigenvalue weighted by Crippen LogP contribution is -2.58. The Morgan fingerprint density at radius 2 is 2.00 bits per heavy atom. The van der Waals surface area contributed by atoms with E-state index in [1.165, 1.54) is 0 Å². The van der Waals surface area contributed by atoms with Crippen LogP contribution in [0.5, 0.6) is 5.75 Å². The van der Waals surface area contributed by atoms with Crippen LogP contribution < -0.4 is 15.0 Å². The molecule has 1 aliphatic heterocycles. The molecule has 0 saturated heterocycles. The van der Waals surface area contributed by atoms with Crippen molar-refractivity contribution in [2.45, 2.75) is 39.3 Å². The van der Waals surface area contributed by atoms with Gasteiger partial charge in [0, 0.05) is 6.04 Å². The van der Waals surface area contributed by atoms with Crippen molar-refractivity contribution in [3.8, 4) is 5.75 Å². The normalized spacial score (nSPS) is 17.4. The molecule has 0 radical (unpaired) electrons. The standard InChI is InChI=1S/C14H20N2O2/c1-9(2)16-12-10(7-6-8-11(12)18-5)15-13(17)14(16,3)4/h6-9H,1-5H3,(H,15,17). The number of hydrogen-bond acceptors (Lipinski definition) is 3. The Labute approximate surface area is 108 Å². The Balaban J connectivity index is 2.67. The molecule has 1 aromatic rings. The molecule has 1 amide bonds. The number of anilines is 2. The molecule has 1 aromatic carbocycles. The summed E-state index contributed by atoms with van der Waals surface area (Å²) in [5.74, 6) is 0.797. The van der Waals surface area contributed by atoms with Crippen LogP contribution in [0.1, 0.15) is 27.7 Å². The fraction of sp³-hybridized carbons (Fsp3) is 0.500. The molecular weight excluding hydrogens is 228 g/mol. The second kappa shape index (κ2) is 4.19. The van der Waals surface area contributed by atoms with Crippen molar-refractivity contribution < 1.29 is 9.53 Å². The predicted molar refractivity (Wildman–Crippen MR) is 73.3 cm³/mol. The molecule has 0 aromatic heterocycles. The van der Waals surface area contributed by atoms with Crippen LogP contribution in [0.4, 0.5) is 11.4 Å². The summed E-state index contributed by atoms with van der Waals surface area (Å²) in [5.41, 5.74) is 1.18. The maximum atomic E-state index is 12.2. The molecule has 1 N–H and O–H groups in total. The van der Waals surface area contributed by atoms with Gasteiger partial charge < -0.3 is 15.0 Å². The Morgan fingerprint density at radius 3 is 2.56 bits per heavy atom. The number of carbonyl (C=O) groups is 1. The molecule has 1 aliphatic rings. The van der Waals surface area contributed by atoms with Gasteiger partial charge in [-0.3, -0.25) is 4.79 Å². The van der Waals surface area contributed by atoms with Crippen LogP contribution in [0.2, 0.25) is 0 Å². The third-order valence-electron chi connectivity index (χ3n) is 3.38. The Hall–Kier alpha value is -1.71. The molecule has 2 rings (SSSR count). The van der Waals surface area contributed by atoms with Gasteiger partial charge in [0.2, 0.25) is 5.91 Å².